The maximum atomic E-state index is 12.5. The Kier molecular flexibility index (Phi) is 8.69. The lowest BCUT2D eigenvalue weighted by atomic mass is 10.2. The van der Waals surface area contributed by atoms with Gasteiger partial charge in [0.25, 0.3) is 0 Å². The number of aryl methyl sites for hydroxylation is 1. The molecule has 2 heterocycles. The number of rotatable bonds is 11. The average molecular weight is 598 g/mol. The Balaban J connectivity index is 1.43. The van der Waals surface area contributed by atoms with Crippen LogP contribution in [0.15, 0.2) is 61.1 Å². The number of aromatic nitrogens is 3. The summed E-state index contributed by atoms with van der Waals surface area (Å²) in [5, 5.41) is 5.96. The fraction of sp³-hybridized carbons (Fsp3) is 0.240. The molecule has 2 aromatic heterocycles. The zero-order chi connectivity index (χ0) is 28.9. The summed E-state index contributed by atoms with van der Waals surface area (Å²) >= 11 is 6.38. The molecule has 2 aromatic carbocycles. The lowest BCUT2D eigenvalue weighted by Gasteiger charge is -2.13. The van der Waals surface area contributed by atoms with E-state index in [1.54, 1.807) is 18.2 Å². The number of nitrogens with zero attached hydrogens (tertiary/aromatic N) is 3. The maximum absolute atomic E-state index is 12.5. The second-order valence-electron chi connectivity index (χ2n) is 8.63. The summed E-state index contributed by atoms with van der Waals surface area (Å²) in [5.74, 6) is -0.744. The Morgan fingerprint density at radius 1 is 1.10 bits per heavy atom. The lowest BCUT2D eigenvalue weighted by Crippen LogP contribution is -2.31. The van der Waals surface area contributed by atoms with Crippen LogP contribution in [0.25, 0.3) is 11.0 Å². The molecule has 0 atom stereocenters. The van der Waals surface area contributed by atoms with Gasteiger partial charge in [0.2, 0.25) is 5.91 Å². The molecule has 0 aliphatic rings. The molecule has 0 radical (unpaired) electrons. The highest BCUT2D eigenvalue weighted by Crippen LogP contribution is 2.35. The fourth-order valence-corrected chi connectivity index (χ4v) is 4.53. The van der Waals surface area contributed by atoms with Gasteiger partial charge in [0.1, 0.15) is 34.8 Å². The third kappa shape index (κ3) is 8.23. The molecular weight excluding hydrogens is 575 g/mol. The van der Waals surface area contributed by atoms with Crippen molar-refractivity contribution in [3.63, 3.8) is 0 Å². The molecule has 1 amide bonds. The topological polar surface area (TPSA) is 124 Å². The number of halogens is 4. The molecule has 0 saturated carbocycles. The van der Waals surface area contributed by atoms with Crippen LogP contribution < -0.4 is 20.1 Å². The first-order chi connectivity index (χ1) is 18.9. The Bertz CT molecular complexity index is 1630. The van der Waals surface area contributed by atoms with E-state index in [1.165, 1.54) is 18.5 Å². The number of carbonyl (C=O) groups is 1. The summed E-state index contributed by atoms with van der Waals surface area (Å²) in [7, 11) is -3.40. The predicted molar refractivity (Wildman–Crippen MR) is 143 cm³/mol. The SMILES string of the molecule is CS(=O)(=O)CC(=O)NCCCn1ccc2ncnc(Nc3ccc(Oc4cccc(OC(F)(F)F)c4)c(Cl)c3)c21. The highest BCUT2D eigenvalue weighted by molar-refractivity contribution is 7.91. The monoisotopic (exact) mass is 597 g/mol. The molecule has 15 heteroatoms. The smallest absolute Gasteiger partial charge is 0.456 e. The molecule has 0 saturated heterocycles. The van der Waals surface area contributed by atoms with Crippen molar-refractivity contribution in [1.29, 1.82) is 0 Å². The summed E-state index contributed by atoms with van der Waals surface area (Å²) in [6.07, 6.45) is -0.0812. The lowest BCUT2D eigenvalue weighted by molar-refractivity contribution is -0.274. The van der Waals surface area contributed by atoms with E-state index in [9.17, 15) is 26.4 Å². The average Bonchev–Trinajstić information content (AvgIpc) is 3.26. The van der Waals surface area contributed by atoms with Crippen molar-refractivity contribution in [2.45, 2.75) is 19.3 Å². The number of sulfone groups is 1. The summed E-state index contributed by atoms with van der Waals surface area (Å²) in [5.41, 5.74) is 1.93. The van der Waals surface area contributed by atoms with Crippen LogP contribution in [0.3, 0.4) is 0 Å². The van der Waals surface area contributed by atoms with Crippen LogP contribution in [0.4, 0.5) is 24.7 Å². The van der Waals surface area contributed by atoms with Crippen LogP contribution in [0.2, 0.25) is 5.02 Å². The van der Waals surface area contributed by atoms with Crippen LogP contribution >= 0.6 is 11.6 Å². The van der Waals surface area contributed by atoms with Crippen LogP contribution in [0, 0.1) is 0 Å². The zero-order valence-corrected chi connectivity index (χ0v) is 22.5. The van der Waals surface area contributed by atoms with Crippen molar-refractivity contribution in [2.75, 3.05) is 23.9 Å². The molecule has 212 valence electrons. The van der Waals surface area contributed by atoms with Gasteiger partial charge in [-0.15, -0.1) is 13.2 Å². The Hall–Kier alpha value is -4.04. The van der Waals surface area contributed by atoms with Crippen molar-refractivity contribution in [3.8, 4) is 17.2 Å². The van der Waals surface area contributed by atoms with Crippen LogP contribution in [0.5, 0.6) is 17.2 Å². The Morgan fingerprint density at radius 2 is 1.88 bits per heavy atom. The fourth-order valence-electron chi connectivity index (χ4n) is 3.74. The minimum atomic E-state index is -4.83. The van der Waals surface area contributed by atoms with E-state index >= 15 is 0 Å². The maximum Gasteiger partial charge on any atom is 0.573 e. The van der Waals surface area contributed by atoms with Crippen molar-refractivity contribution >= 4 is 49.9 Å². The molecule has 0 aliphatic carbocycles. The van der Waals surface area contributed by atoms with Gasteiger partial charge in [-0.3, -0.25) is 4.79 Å². The molecule has 2 N–H and O–H groups in total. The van der Waals surface area contributed by atoms with E-state index in [-0.39, 0.29) is 23.1 Å². The molecular formula is C25H23ClF3N5O5S. The first-order valence-electron chi connectivity index (χ1n) is 11.7. The molecule has 0 unspecified atom stereocenters. The number of hydrogen-bond donors (Lipinski definition) is 2. The van der Waals surface area contributed by atoms with Crippen molar-refractivity contribution in [1.82, 2.24) is 19.9 Å². The molecule has 0 aliphatic heterocycles. The van der Waals surface area contributed by atoms with Crippen LogP contribution in [-0.2, 0) is 21.2 Å². The van der Waals surface area contributed by atoms with E-state index in [4.69, 9.17) is 16.3 Å². The first kappa shape index (κ1) is 29.0. The van der Waals surface area contributed by atoms with Crippen molar-refractivity contribution in [2.24, 2.45) is 0 Å². The largest absolute Gasteiger partial charge is 0.573 e. The zero-order valence-electron chi connectivity index (χ0n) is 20.9. The molecule has 0 fully saturated rings. The van der Waals surface area contributed by atoms with E-state index < -0.39 is 33.6 Å². The molecule has 4 rings (SSSR count). The van der Waals surface area contributed by atoms with E-state index in [1.807, 2.05) is 16.8 Å². The minimum Gasteiger partial charge on any atom is -0.456 e. The second-order valence-corrected chi connectivity index (χ2v) is 11.2. The van der Waals surface area contributed by atoms with Crippen molar-refractivity contribution in [3.05, 3.63) is 66.1 Å². The Morgan fingerprint density at radius 3 is 2.60 bits per heavy atom. The molecule has 40 heavy (non-hydrogen) atoms. The molecule has 0 spiro atoms. The summed E-state index contributed by atoms with van der Waals surface area (Å²) in [4.78, 5) is 20.3. The quantitative estimate of drug-likeness (QED) is 0.230. The highest BCUT2D eigenvalue weighted by Gasteiger charge is 2.31. The number of hydrogen-bond acceptors (Lipinski definition) is 8. The number of amides is 1. The number of anilines is 2. The van der Waals surface area contributed by atoms with Gasteiger partial charge in [-0.05, 0) is 42.8 Å². The number of alkyl halides is 3. The van der Waals surface area contributed by atoms with Gasteiger partial charge in [0, 0.05) is 37.3 Å². The van der Waals surface area contributed by atoms with Crippen molar-refractivity contribution < 1.29 is 35.9 Å². The van der Waals surface area contributed by atoms with Gasteiger partial charge >= 0.3 is 6.36 Å². The van der Waals surface area contributed by atoms with Gasteiger partial charge < -0.3 is 24.7 Å². The third-order valence-electron chi connectivity index (χ3n) is 5.30. The number of nitrogens with one attached hydrogen (secondary N) is 2. The second kappa shape index (κ2) is 12.0. The van der Waals surface area contributed by atoms with Gasteiger partial charge in [-0.25, -0.2) is 18.4 Å². The number of ether oxygens (including phenoxy) is 2. The first-order valence-corrected chi connectivity index (χ1v) is 14.1. The third-order valence-corrected chi connectivity index (χ3v) is 6.38. The van der Waals surface area contributed by atoms with Crippen LogP contribution in [0.1, 0.15) is 6.42 Å². The van der Waals surface area contributed by atoms with Gasteiger partial charge in [0.05, 0.1) is 10.5 Å². The molecule has 0 bridgehead atoms. The molecule has 4 aromatic rings. The highest BCUT2D eigenvalue weighted by atomic mass is 35.5. The number of carbonyl (C=O) groups excluding carboxylic acids is 1. The standard InChI is InChI=1S/C25H23ClF3N5O5S/c1-40(36,37)14-22(35)30-9-3-10-34-11-8-20-23(34)24(32-15-31-20)33-16-6-7-21(19(26)12-16)38-17-4-2-5-18(13-17)39-25(27,28)29/h2,4-8,11-13,15H,3,9-10,14H2,1H3,(H,30,35)(H,31,32,33). The summed E-state index contributed by atoms with van der Waals surface area (Å²) < 4.78 is 71.4. The molecule has 10 nitrogen and oxygen atoms in total. The number of benzene rings is 2. The summed E-state index contributed by atoms with van der Waals surface area (Å²) in [6, 6.07) is 11.7. The number of fused-ring (bicyclic) bond motifs is 1. The van der Waals surface area contributed by atoms with E-state index in [2.05, 4.69) is 25.3 Å². The minimum absolute atomic E-state index is 0.104. The summed E-state index contributed by atoms with van der Waals surface area (Å²) in [6.45, 7) is 0.780. The predicted octanol–water partition coefficient (Wildman–Crippen LogP) is 5.07. The normalized spacial score (nSPS) is 11.8. The van der Waals surface area contributed by atoms with E-state index in [0.29, 0.717) is 35.5 Å². The Labute approximate surface area is 232 Å². The van der Waals surface area contributed by atoms with Gasteiger partial charge in [-0.1, -0.05) is 17.7 Å². The van der Waals surface area contributed by atoms with Gasteiger partial charge in [0.15, 0.2) is 15.7 Å². The van der Waals surface area contributed by atoms with E-state index in [0.717, 1.165) is 18.4 Å². The van der Waals surface area contributed by atoms with Crippen LogP contribution in [-0.4, -0.2) is 53.8 Å². The van der Waals surface area contributed by atoms with Gasteiger partial charge in [-0.2, -0.15) is 0 Å².